The Bertz CT molecular complexity index is 1590. The molecule has 1 atom stereocenters. The molecule has 2 aromatic carbocycles. The lowest BCUT2D eigenvalue weighted by molar-refractivity contribution is -0.139. The van der Waals surface area contributed by atoms with Gasteiger partial charge >= 0.3 is 6.09 Å². The molecule has 1 unspecified atom stereocenters. The molecule has 0 saturated carbocycles. The van der Waals surface area contributed by atoms with Crippen molar-refractivity contribution in [1.82, 2.24) is 19.8 Å². The van der Waals surface area contributed by atoms with E-state index in [4.69, 9.17) is 21.1 Å². The van der Waals surface area contributed by atoms with E-state index in [-0.39, 0.29) is 12.0 Å². The van der Waals surface area contributed by atoms with Gasteiger partial charge in [0.15, 0.2) is 6.10 Å². The van der Waals surface area contributed by atoms with E-state index in [1.807, 2.05) is 69.3 Å². The van der Waals surface area contributed by atoms with Crippen LogP contribution in [0, 0.1) is 0 Å². The number of carbonyl (C=O) groups excluding carboxylic acids is 2. The Morgan fingerprint density at radius 3 is 2.45 bits per heavy atom. The molecule has 206 valence electrons. The summed E-state index contributed by atoms with van der Waals surface area (Å²) in [6, 6.07) is 17.9. The fourth-order valence-electron chi connectivity index (χ4n) is 5.34. The van der Waals surface area contributed by atoms with Gasteiger partial charge in [-0.15, -0.1) is 0 Å². The van der Waals surface area contributed by atoms with Crippen LogP contribution in [-0.2, 0) is 16.0 Å². The highest BCUT2D eigenvalue weighted by molar-refractivity contribution is 6.31. The quantitative estimate of drug-likeness (QED) is 0.336. The SMILES string of the molecule is CC(C)(C)OC(=O)N1CCN(C(=O)C2Cc3cc(Cl)cc(-c4ccnc5[nH]c(-c6ccccc6)cc45)c3O2)CC1. The molecule has 4 aromatic rings. The minimum Gasteiger partial charge on any atom is -0.479 e. The van der Waals surface area contributed by atoms with Gasteiger partial charge in [-0.1, -0.05) is 41.9 Å². The molecular formula is C31H31ClN4O4. The number of piperazine rings is 1. The molecule has 0 radical (unpaired) electrons. The van der Waals surface area contributed by atoms with Crippen molar-refractivity contribution in [1.29, 1.82) is 0 Å². The maximum atomic E-state index is 13.5. The third-order valence-electron chi connectivity index (χ3n) is 7.22. The van der Waals surface area contributed by atoms with Crippen molar-refractivity contribution in [3.05, 3.63) is 71.4 Å². The molecule has 2 aromatic heterocycles. The first kappa shape index (κ1) is 26.2. The van der Waals surface area contributed by atoms with Crippen LogP contribution in [0.3, 0.4) is 0 Å². The number of rotatable bonds is 3. The number of amides is 2. The number of H-pyrrole nitrogens is 1. The lowest BCUT2D eigenvalue weighted by atomic mass is 9.98. The lowest BCUT2D eigenvalue weighted by Gasteiger charge is -2.36. The van der Waals surface area contributed by atoms with Crippen LogP contribution < -0.4 is 4.74 Å². The summed E-state index contributed by atoms with van der Waals surface area (Å²) in [6.45, 7) is 7.23. The Morgan fingerprint density at radius 1 is 1.00 bits per heavy atom. The summed E-state index contributed by atoms with van der Waals surface area (Å²) in [5.41, 5.74) is 4.90. The first-order chi connectivity index (χ1) is 19.2. The third kappa shape index (κ3) is 5.11. The second-order valence-electron chi connectivity index (χ2n) is 11.2. The van der Waals surface area contributed by atoms with Crippen LogP contribution in [0.15, 0.2) is 60.8 Å². The number of fused-ring (bicyclic) bond motifs is 2. The number of hydrogen-bond donors (Lipinski definition) is 1. The Hall–Kier alpha value is -4.04. The van der Waals surface area contributed by atoms with E-state index in [0.717, 1.165) is 39.0 Å². The molecule has 40 heavy (non-hydrogen) atoms. The third-order valence-corrected chi connectivity index (χ3v) is 7.44. The number of pyridine rings is 1. The largest absolute Gasteiger partial charge is 0.479 e. The number of carbonyl (C=O) groups is 2. The van der Waals surface area contributed by atoms with Crippen molar-refractivity contribution < 1.29 is 19.1 Å². The van der Waals surface area contributed by atoms with Gasteiger partial charge in [0.2, 0.25) is 0 Å². The number of hydrogen-bond acceptors (Lipinski definition) is 5. The van der Waals surface area contributed by atoms with E-state index >= 15 is 0 Å². The highest BCUT2D eigenvalue weighted by atomic mass is 35.5. The lowest BCUT2D eigenvalue weighted by Crippen LogP contribution is -2.54. The fourth-order valence-corrected chi connectivity index (χ4v) is 5.58. The van der Waals surface area contributed by atoms with E-state index in [0.29, 0.717) is 43.4 Å². The molecule has 1 fully saturated rings. The zero-order chi connectivity index (χ0) is 28.0. The summed E-state index contributed by atoms with van der Waals surface area (Å²) in [5.74, 6) is 0.583. The second-order valence-corrected chi connectivity index (χ2v) is 11.7. The van der Waals surface area contributed by atoms with Crippen molar-refractivity contribution in [3.63, 3.8) is 0 Å². The van der Waals surface area contributed by atoms with E-state index in [1.165, 1.54) is 0 Å². The van der Waals surface area contributed by atoms with E-state index in [2.05, 4.69) is 16.0 Å². The molecule has 2 aliphatic rings. The molecule has 8 nitrogen and oxygen atoms in total. The molecular weight excluding hydrogens is 528 g/mol. The molecule has 0 spiro atoms. The standard InChI is InChI=1S/C31H31ClN4O4/c1-31(2,3)40-30(38)36-13-11-35(12-14-36)29(37)26-16-20-15-21(32)17-23(27(20)39-26)22-9-10-33-28-24(22)18-25(34-28)19-7-5-4-6-8-19/h4-10,15,17-18,26H,11-14,16H2,1-3H3,(H,33,34). The summed E-state index contributed by atoms with van der Waals surface area (Å²) in [4.78, 5) is 37.3. The zero-order valence-corrected chi connectivity index (χ0v) is 23.5. The average Bonchev–Trinajstić information content (AvgIpc) is 3.56. The molecule has 1 saturated heterocycles. The Kier molecular flexibility index (Phi) is 6.66. The average molecular weight is 559 g/mol. The van der Waals surface area contributed by atoms with Crippen molar-refractivity contribution in [2.45, 2.75) is 38.9 Å². The summed E-state index contributed by atoms with van der Waals surface area (Å²) in [5, 5.41) is 1.53. The van der Waals surface area contributed by atoms with Crippen LogP contribution in [0.2, 0.25) is 5.02 Å². The Balaban J connectivity index is 1.23. The molecule has 6 rings (SSSR count). The van der Waals surface area contributed by atoms with Gasteiger partial charge in [0, 0.05) is 66.0 Å². The molecule has 9 heteroatoms. The molecule has 1 N–H and O–H groups in total. The number of ether oxygens (including phenoxy) is 2. The minimum absolute atomic E-state index is 0.0880. The van der Waals surface area contributed by atoms with Crippen LogP contribution in [0.25, 0.3) is 33.4 Å². The molecule has 2 aliphatic heterocycles. The van der Waals surface area contributed by atoms with Gasteiger partial charge in [0.25, 0.3) is 5.91 Å². The summed E-state index contributed by atoms with van der Waals surface area (Å²) in [6.07, 6.45) is 1.19. The first-order valence-corrected chi connectivity index (χ1v) is 13.8. The molecule has 0 bridgehead atoms. The number of halogens is 1. The number of aromatic nitrogens is 2. The number of nitrogens with one attached hydrogen (secondary N) is 1. The predicted molar refractivity (Wildman–Crippen MR) is 154 cm³/mol. The van der Waals surface area contributed by atoms with Crippen LogP contribution in [0.4, 0.5) is 4.79 Å². The number of benzene rings is 2. The maximum Gasteiger partial charge on any atom is 0.410 e. The summed E-state index contributed by atoms with van der Waals surface area (Å²) in [7, 11) is 0. The van der Waals surface area contributed by atoms with Crippen molar-refractivity contribution in [2.75, 3.05) is 26.2 Å². The topological polar surface area (TPSA) is 87.8 Å². The van der Waals surface area contributed by atoms with E-state index < -0.39 is 11.7 Å². The van der Waals surface area contributed by atoms with Crippen molar-refractivity contribution in [3.8, 4) is 28.1 Å². The van der Waals surface area contributed by atoms with Crippen LogP contribution in [0.5, 0.6) is 5.75 Å². The van der Waals surface area contributed by atoms with Gasteiger partial charge in [-0.25, -0.2) is 9.78 Å². The van der Waals surface area contributed by atoms with Gasteiger partial charge in [-0.2, -0.15) is 0 Å². The predicted octanol–water partition coefficient (Wildman–Crippen LogP) is 5.93. The van der Waals surface area contributed by atoms with Crippen LogP contribution in [-0.4, -0.2) is 69.7 Å². The summed E-state index contributed by atoms with van der Waals surface area (Å²) >= 11 is 6.57. The van der Waals surface area contributed by atoms with Gasteiger partial charge in [0.1, 0.15) is 17.0 Å². The maximum absolute atomic E-state index is 13.5. The Morgan fingerprint density at radius 2 is 1.73 bits per heavy atom. The van der Waals surface area contributed by atoms with Crippen LogP contribution >= 0.6 is 11.6 Å². The van der Waals surface area contributed by atoms with Crippen molar-refractivity contribution >= 4 is 34.6 Å². The number of aromatic amines is 1. The minimum atomic E-state index is -0.649. The fraction of sp³-hybridized carbons (Fsp3) is 0.323. The molecule has 4 heterocycles. The van der Waals surface area contributed by atoms with Crippen molar-refractivity contribution in [2.24, 2.45) is 0 Å². The van der Waals surface area contributed by atoms with E-state index in [9.17, 15) is 9.59 Å². The molecule has 2 amide bonds. The van der Waals surface area contributed by atoms with Gasteiger partial charge in [0.05, 0.1) is 0 Å². The second kappa shape index (κ2) is 10.2. The first-order valence-electron chi connectivity index (χ1n) is 13.5. The number of nitrogens with zero attached hydrogens (tertiary/aromatic N) is 3. The highest BCUT2D eigenvalue weighted by Crippen LogP contribution is 2.44. The van der Waals surface area contributed by atoms with Gasteiger partial charge < -0.3 is 24.3 Å². The summed E-state index contributed by atoms with van der Waals surface area (Å²) < 4.78 is 11.8. The van der Waals surface area contributed by atoms with Gasteiger partial charge in [-0.3, -0.25) is 4.79 Å². The van der Waals surface area contributed by atoms with Crippen LogP contribution in [0.1, 0.15) is 26.3 Å². The highest BCUT2D eigenvalue weighted by Gasteiger charge is 2.36. The van der Waals surface area contributed by atoms with E-state index in [1.54, 1.807) is 16.0 Å². The van der Waals surface area contributed by atoms with Gasteiger partial charge in [-0.05, 0) is 56.2 Å². The smallest absolute Gasteiger partial charge is 0.410 e. The Labute approximate surface area is 237 Å². The zero-order valence-electron chi connectivity index (χ0n) is 22.7. The normalized spacial score (nSPS) is 17.1. The molecule has 0 aliphatic carbocycles. The monoisotopic (exact) mass is 558 g/mol.